The average molecular weight is 384 g/mol. The Morgan fingerprint density at radius 3 is 2.54 bits per heavy atom. The first-order chi connectivity index (χ1) is 12.2. The molecule has 0 saturated carbocycles. The predicted molar refractivity (Wildman–Crippen MR) is 103 cm³/mol. The minimum atomic E-state index is -3.42. The lowest BCUT2D eigenvalue weighted by atomic mass is 10.0. The summed E-state index contributed by atoms with van der Waals surface area (Å²) in [5.74, 6) is 0.231. The van der Waals surface area contributed by atoms with Crippen molar-refractivity contribution in [3.8, 4) is 0 Å². The van der Waals surface area contributed by atoms with Crippen molar-refractivity contribution in [1.29, 1.82) is 0 Å². The topological polar surface area (TPSA) is 87.7 Å². The van der Waals surface area contributed by atoms with E-state index in [9.17, 15) is 13.2 Å². The second kappa shape index (κ2) is 8.83. The molecule has 0 bridgehead atoms. The maximum Gasteiger partial charge on any atom is 0.319 e. The number of urea groups is 1. The number of sulfonamides is 1. The fourth-order valence-electron chi connectivity index (χ4n) is 2.93. The van der Waals surface area contributed by atoms with Crippen LogP contribution >= 0.6 is 0 Å². The molecule has 1 aliphatic rings. The molecule has 2 N–H and O–H groups in total. The highest BCUT2D eigenvalue weighted by Crippen LogP contribution is 2.18. The SMILES string of the molecule is CC1CN(S(=O)(=O)CCNC(=O)Nc2cccc(C(C)C)c2)CC(C)O1. The number of hydrogen-bond acceptors (Lipinski definition) is 4. The van der Waals surface area contributed by atoms with Crippen LogP contribution in [0.1, 0.15) is 39.2 Å². The Labute approximate surface area is 156 Å². The highest BCUT2D eigenvalue weighted by Gasteiger charge is 2.30. The van der Waals surface area contributed by atoms with Gasteiger partial charge >= 0.3 is 6.03 Å². The van der Waals surface area contributed by atoms with Gasteiger partial charge in [-0.2, -0.15) is 4.31 Å². The van der Waals surface area contributed by atoms with Crippen LogP contribution in [-0.4, -0.2) is 56.3 Å². The molecule has 1 heterocycles. The normalized spacial score (nSPS) is 21.6. The third-order valence-corrected chi connectivity index (χ3v) is 6.04. The van der Waals surface area contributed by atoms with E-state index in [2.05, 4.69) is 24.5 Å². The number of carbonyl (C=O) groups is 1. The van der Waals surface area contributed by atoms with E-state index in [1.165, 1.54) is 4.31 Å². The van der Waals surface area contributed by atoms with Crippen molar-refractivity contribution in [1.82, 2.24) is 9.62 Å². The molecule has 2 amide bonds. The standard InChI is InChI=1S/C18H29N3O4S/c1-13(2)16-6-5-7-17(10-16)20-18(22)19-8-9-26(23,24)21-11-14(3)25-15(4)12-21/h5-7,10,13-15H,8-9,11-12H2,1-4H3,(H2,19,20,22). The number of morpholine rings is 1. The summed E-state index contributed by atoms with van der Waals surface area (Å²) >= 11 is 0. The quantitative estimate of drug-likeness (QED) is 0.789. The Morgan fingerprint density at radius 2 is 1.92 bits per heavy atom. The molecule has 1 saturated heterocycles. The van der Waals surface area contributed by atoms with Gasteiger partial charge in [0.15, 0.2) is 0 Å². The van der Waals surface area contributed by atoms with E-state index in [1.54, 1.807) is 6.07 Å². The average Bonchev–Trinajstić information content (AvgIpc) is 2.54. The minimum Gasteiger partial charge on any atom is -0.373 e. The van der Waals surface area contributed by atoms with Crippen LogP contribution in [0.3, 0.4) is 0 Å². The number of nitrogens with one attached hydrogen (secondary N) is 2. The van der Waals surface area contributed by atoms with Gasteiger partial charge in [-0.25, -0.2) is 13.2 Å². The van der Waals surface area contributed by atoms with Crippen LogP contribution in [0.4, 0.5) is 10.5 Å². The Kier molecular flexibility index (Phi) is 7.02. The Bertz CT molecular complexity index is 711. The molecule has 0 aliphatic carbocycles. The van der Waals surface area contributed by atoms with Gasteiger partial charge in [-0.05, 0) is 37.5 Å². The lowest BCUT2D eigenvalue weighted by molar-refractivity contribution is -0.0440. The first kappa shape index (κ1) is 20.7. The van der Waals surface area contributed by atoms with Gasteiger partial charge in [-0.1, -0.05) is 26.0 Å². The fraction of sp³-hybridized carbons (Fsp3) is 0.611. The number of rotatable bonds is 6. The van der Waals surface area contributed by atoms with Crippen LogP contribution < -0.4 is 10.6 Å². The zero-order valence-electron chi connectivity index (χ0n) is 15.9. The summed E-state index contributed by atoms with van der Waals surface area (Å²) in [6.45, 7) is 8.62. The molecule has 2 atom stereocenters. The summed E-state index contributed by atoms with van der Waals surface area (Å²) in [7, 11) is -3.42. The van der Waals surface area contributed by atoms with E-state index in [0.29, 0.717) is 24.7 Å². The number of carbonyl (C=O) groups excluding carboxylic acids is 1. The van der Waals surface area contributed by atoms with Crippen molar-refractivity contribution in [2.75, 3.05) is 30.7 Å². The van der Waals surface area contributed by atoms with E-state index in [1.807, 2.05) is 32.0 Å². The van der Waals surface area contributed by atoms with Gasteiger partial charge in [-0.15, -0.1) is 0 Å². The third kappa shape index (κ3) is 5.96. The smallest absolute Gasteiger partial charge is 0.319 e. The minimum absolute atomic E-state index is 0.0537. The van der Waals surface area contributed by atoms with Crippen molar-refractivity contribution in [2.45, 2.75) is 45.8 Å². The van der Waals surface area contributed by atoms with Gasteiger partial charge in [-0.3, -0.25) is 0 Å². The zero-order valence-corrected chi connectivity index (χ0v) is 16.7. The maximum atomic E-state index is 12.4. The van der Waals surface area contributed by atoms with E-state index >= 15 is 0 Å². The molecule has 7 nitrogen and oxygen atoms in total. The largest absolute Gasteiger partial charge is 0.373 e. The second-order valence-electron chi connectivity index (χ2n) is 7.05. The van der Waals surface area contributed by atoms with Crippen LogP contribution in [0.2, 0.25) is 0 Å². The van der Waals surface area contributed by atoms with Crippen LogP contribution in [0.25, 0.3) is 0 Å². The van der Waals surface area contributed by atoms with Gasteiger partial charge in [0.2, 0.25) is 10.0 Å². The molecule has 1 aromatic rings. The van der Waals surface area contributed by atoms with Crippen LogP contribution in [-0.2, 0) is 14.8 Å². The number of anilines is 1. The Balaban J connectivity index is 1.83. The Morgan fingerprint density at radius 1 is 1.27 bits per heavy atom. The number of benzene rings is 1. The van der Waals surface area contributed by atoms with Crippen molar-refractivity contribution in [2.24, 2.45) is 0 Å². The molecule has 0 aromatic heterocycles. The summed E-state index contributed by atoms with van der Waals surface area (Å²) in [5, 5.41) is 5.35. The molecule has 1 aliphatic heterocycles. The summed E-state index contributed by atoms with van der Waals surface area (Å²) in [6, 6.07) is 7.20. The summed E-state index contributed by atoms with van der Waals surface area (Å²) in [6.07, 6.45) is -0.254. The first-order valence-corrected chi connectivity index (χ1v) is 10.6. The zero-order chi connectivity index (χ0) is 19.3. The summed E-state index contributed by atoms with van der Waals surface area (Å²) < 4.78 is 31.9. The molecule has 146 valence electrons. The van der Waals surface area contributed by atoms with Gasteiger partial charge in [0.05, 0.1) is 18.0 Å². The van der Waals surface area contributed by atoms with Crippen LogP contribution in [0.5, 0.6) is 0 Å². The monoisotopic (exact) mass is 383 g/mol. The van der Waals surface area contributed by atoms with Crippen molar-refractivity contribution >= 4 is 21.7 Å². The number of amides is 2. The number of ether oxygens (including phenoxy) is 1. The predicted octanol–water partition coefficient (Wildman–Crippen LogP) is 2.37. The highest BCUT2D eigenvalue weighted by atomic mass is 32.2. The number of nitrogens with zero attached hydrogens (tertiary/aromatic N) is 1. The molecule has 26 heavy (non-hydrogen) atoms. The van der Waals surface area contributed by atoms with E-state index in [0.717, 1.165) is 5.56 Å². The van der Waals surface area contributed by atoms with Gasteiger partial charge in [0, 0.05) is 25.3 Å². The molecule has 1 aromatic carbocycles. The van der Waals surface area contributed by atoms with E-state index < -0.39 is 16.1 Å². The molecule has 0 spiro atoms. The van der Waals surface area contributed by atoms with Crippen molar-refractivity contribution in [3.05, 3.63) is 29.8 Å². The lowest BCUT2D eigenvalue weighted by Crippen LogP contribution is -2.49. The summed E-state index contributed by atoms with van der Waals surface area (Å²) in [4.78, 5) is 12.0. The molecule has 2 rings (SSSR count). The lowest BCUT2D eigenvalue weighted by Gasteiger charge is -2.34. The second-order valence-corrected chi connectivity index (χ2v) is 9.14. The highest BCUT2D eigenvalue weighted by molar-refractivity contribution is 7.89. The first-order valence-electron chi connectivity index (χ1n) is 8.95. The molecular formula is C18H29N3O4S. The summed E-state index contributed by atoms with van der Waals surface area (Å²) in [5.41, 5.74) is 1.81. The fourth-order valence-corrected chi connectivity index (χ4v) is 4.42. The molecular weight excluding hydrogens is 354 g/mol. The third-order valence-electron chi connectivity index (χ3n) is 4.24. The maximum absolute atomic E-state index is 12.4. The van der Waals surface area contributed by atoms with Crippen LogP contribution in [0.15, 0.2) is 24.3 Å². The van der Waals surface area contributed by atoms with Gasteiger partial charge in [0.1, 0.15) is 0 Å². The molecule has 0 radical (unpaired) electrons. The van der Waals surface area contributed by atoms with Gasteiger partial charge in [0.25, 0.3) is 0 Å². The van der Waals surface area contributed by atoms with E-state index in [-0.39, 0.29) is 24.5 Å². The molecule has 8 heteroatoms. The van der Waals surface area contributed by atoms with Crippen molar-refractivity contribution in [3.63, 3.8) is 0 Å². The van der Waals surface area contributed by atoms with Gasteiger partial charge < -0.3 is 15.4 Å². The van der Waals surface area contributed by atoms with Crippen molar-refractivity contribution < 1.29 is 17.9 Å². The molecule has 1 fully saturated rings. The van der Waals surface area contributed by atoms with E-state index in [4.69, 9.17) is 4.74 Å². The van der Waals surface area contributed by atoms with Crippen LogP contribution in [0, 0.1) is 0 Å². The molecule has 2 unspecified atom stereocenters. The Hall–Kier alpha value is -1.64. The number of hydrogen-bond donors (Lipinski definition) is 2.